The van der Waals surface area contributed by atoms with Crippen LogP contribution in [0.2, 0.25) is 0 Å². The molecule has 3 atom stereocenters. The van der Waals surface area contributed by atoms with Crippen molar-refractivity contribution in [2.45, 2.75) is 71.2 Å². The van der Waals surface area contributed by atoms with E-state index in [0.29, 0.717) is 5.92 Å². The van der Waals surface area contributed by atoms with E-state index in [1.807, 2.05) is 13.8 Å². The predicted molar refractivity (Wildman–Crippen MR) is 65.6 cm³/mol. The summed E-state index contributed by atoms with van der Waals surface area (Å²) in [5.74, 6) is 0.339. The van der Waals surface area contributed by atoms with Crippen LogP contribution in [0.4, 0.5) is 0 Å². The summed E-state index contributed by atoms with van der Waals surface area (Å²) in [5, 5.41) is 0. The number of esters is 1. The summed E-state index contributed by atoms with van der Waals surface area (Å²) in [6.07, 6.45) is 3.06. The monoisotopic (exact) mass is 240 g/mol. The Bertz CT molecular complexity index is 321. The highest BCUT2D eigenvalue weighted by Gasteiger charge is 2.55. The average Bonchev–Trinajstić information content (AvgIpc) is 2.18. The maximum Gasteiger partial charge on any atom is 0.308 e. The van der Waals surface area contributed by atoms with E-state index in [-0.39, 0.29) is 29.2 Å². The molecule has 0 aromatic carbocycles. The van der Waals surface area contributed by atoms with E-state index < -0.39 is 0 Å². The van der Waals surface area contributed by atoms with E-state index in [4.69, 9.17) is 9.47 Å². The molecule has 0 aromatic heterocycles. The van der Waals surface area contributed by atoms with Crippen LogP contribution in [-0.2, 0) is 14.3 Å². The lowest BCUT2D eigenvalue weighted by molar-refractivity contribution is -0.278. The lowest BCUT2D eigenvalue weighted by Gasteiger charge is -2.57. The van der Waals surface area contributed by atoms with Crippen LogP contribution in [0.5, 0.6) is 0 Å². The van der Waals surface area contributed by atoms with Gasteiger partial charge in [-0.3, -0.25) is 4.79 Å². The standard InChI is InChI=1S/C14H24O3/c1-9(2)12(15)16-11-8-10-6-7-14(11,5)17-13(10,3)4/h9-11H,6-8H2,1-5H3/t10?,11-,14-/m1/s1. The number of carbonyl (C=O) groups excluding carboxylic acids is 1. The van der Waals surface area contributed by atoms with Gasteiger partial charge in [0.2, 0.25) is 0 Å². The number of hydrogen-bond donors (Lipinski definition) is 0. The first-order valence-corrected chi connectivity index (χ1v) is 6.65. The molecule has 3 nitrogen and oxygen atoms in total. The van der Waals surface area contributed by atoms with Crippen molar-refractivity contribution >= 4 is 5.97 Å². The summed E-state index contributed by atoms with van der Waals surface area (Å²) in [6, 6.07) is 0. The molecular weight excluding hydrogens is 216 g/mol. The predicted octanol–water partition coefficient (Wildman–Crippen LogP) is 2.92. The third kappa shape index (κ3) is 2.22. The zero-order chi connectivity index (χ0) is 12.8. The molecule has 1 saturated carbocycles. The van der Waals surface area contributed by atoms with E-state index in [0.717, 1.165) is 12.8 Å². The smallest absolute Gasteiger partial charge is 0.308 e. The second-order valence-corrected chi connectivity index (χ2v) is 6.57. The van der Waals surface area contributed by atoms with Crippen LogP contribution in [0.1, 0.15) is 53.9 Å². The summed E-state index contributed by atoms with van der Waals surface area (Å²) in [6.45, 7) is 10.1. The molecule has 0 aromatic rings. The maximum absolute atomic E-state index is 11.7. The van der Waals surface area contributed by atoms with Crippen molar-refractivity contribution in [3.8, 4) is 0 Å². The fraction of sp³-hybridized carbons (Fsp3) is 0.929. The SMILES string of the molecule is CC(C)C(=O)O[C@@H]1CC2CC[C@@]1(C)OC2(C)C. The second kappa shape index (κ2) is 3.98. The third-order valence-electron chi connectivity index (χ3n) is 4.38. The number of carbonyl (C=O) groups is 1. The van der Waals surface area contributed by atoms with Crippen LogP contribution in [0.15, 0.2) is 0 Å². The van der Waals surface area contributed by atoms with Crippen LogP contribution in [0.3, 0.4) is 0 Å². The fourth-order valence-electron chi connectivity index (χ4n) is 3.13. The molecule has 2 saturated heterocycles. The van der Waals surface area contributed by atoms with Crippen molar-refractivity contribution in [2.75, 3.05) is 0 Å². The van der Waals surface area contributed by atoms with E-state index in [1.165, 1.54) is 6.42 Å². The molecule has 3 heteroatoms. The van der Waals surface area contributed by atoms with Crippen molar-refractivity contribution in [1.82, 2.24) is 0 Å². The largest absolute Gasteiger partial charge is 0.459 e. The van der Waals surface area contributed by atoms with Crippen LogP contribution in [0.25, 0.3) is 0 Å². The minimum atomic E-state index is -0.289. The van der Waals surface area contributed by atoms with Gasteiger partial charge in [0.25, 0.3) is 0 Å². The Hall–Kier alpha value is -0.570. The van der Waals surface area contributed by atoms with E-state index in [9.17, 15) is 4.79 Å². The van der Waals surface area contributed by atoms with Crippen LogP contribution in [-0.4, -0.2) is 23.3 Å². The lowest BCUT2D eigenvalue weighted by Crippen LogP contribution is -2.62. The van der Waals surface area contributed by atoms with Crippen molar-refractivity contribution in [1.29, 1.82) is 0 Å². The maximum atomic E-state index is 11.7. The van der Waals surface area contributed by atoms with Gasteiger partial charge in [-0.1, -0.05) is 13.8 Å². The Morgan fingerprint density at radius 2 is 2.00 bits per heavy atom. The summed E-state index contributed by atoms with van der Waals surface area (Å²) >= 11 is 0. The normalized spacial score (nSPS) is 39.4. The van der Waals surface area contributed by atoms with Crippen molar-refractivity contribution in [3.63, 3.8) is 0 Å². The van der Waals surface area contributed by atoms with Gasteiger partial charge < -0.3 is 9.47 Å². The molecule has 1 unspecified atom stereocenters. The molecule has 3 rings (SSSR count). The lowest BCUT2D eigenvalue weighted by atomic mass is 9.67. The number of fused-ring (bicyclic) bond motifs is 3. The molecule has 0 amide bonds. The zero-order valence-electron chi connectivity index (χ0n) is 11.6. The first kappa shape index (κ1) is 12.9. The van der Waals surface area contributed by atoms with Gasteiger partial charge in [0.05, 0.1) is 11.5 Å². The molecule has 0 N–H and O–H groups in total. The van der Waals surface area contributed by atoms with Crippen LogP contribution >= 0.6 is 0 Å². The molecule has 98 valence electrons. The molecule has 2 heterocycles. The van der Waals surface area contributed by atoms with Gasteiger partial charge in [-0.15, -0.1) is 0 Å². The van der Waals surface area contributed by atoms with Crippen molar-refractivity contribution in [3.05, 3.63) is 0 Å². The molecular formula is C14H24O3. The average molecular weight is 240 g/mol. The molecule has 17 heavy (non-hydrogen) atoms. The molecule has 1 aliphatic carbocycles. The van der Waals surface area contributed by atoms with E-state index in [1.54, 1.807) is 0 Å². The van der Waals surface area contributed by atoms with Gasteiger partial charge in [0, 0.05) is 0 Å². The first-order valence-electron chi connectivity index (χ1n) is 6.65. The fourth-order valence-corrected chi connectivity index (χ4v) is 3.13. The zero-order valence-corrected chi connectivity index (χ0v) is 11.6. The summed E-state index contributed by atoms with van der Waals surface area (Å²) in [4.78, 5) is 11.7. The van der Waals surface area contributed by atoms with Gasteiger partial charge >= 0.3 is 5.97 Å². The van der Waals surface area contributed by atoms with Crippen LogP contribution in [0, 0.1) is 11.8 Å². The first-order chi connectivity index (χ1) is 7.74. The minimum Gasteiger partial charge on any atom is -0.459 e. The van der Waals surface area contributed by atoms with Gasteiger partial charge in [-0.05, 0) is 46.0 Å². The molecule has 3 aliphatic rings. The van der Waals surface area contributed by atoms with Gasteiger partial charge in [0.1, 0.15) is 11.7 Å². The Balaban J connectivity index is 2.10. The van der Waals surface area contributed by atoms with Crippen LogP contribution < -0.4 is 0 Å². The highest BCUT2D eigenvalue weighted by atomic mass is 16.6. The third-order valence-corrected chi connectivity index (χ3v) is 4.38. The number of ether oxygens (including phenoxy) is 2. The summed E-state index contributed by atoms with van der Waals surface area (Å²) < 4.78 is 11.8. The van der Waals surface area contributed by atoms with Gasteiger partial charge in [0.15, 0.2) is 0 Å². The highest BCUT2D eigenvalue weighted by molar-refractivity contribution is 5.71. The molecule has 2 aliphatic heterocycles. The number of rotatable bonds is 2. The molecule has 3 fully saturated rings. The highest BCUT2D eigenvalue weighted by Crippen LogP contribution is 2.50. The Morgan fingerprint density at radius 3 is 2.47 bits per heavy atom. The molecule has 0 spiro atoms. The van der Waals surface area contributed by atoms with Gasteiger partial charge in [-0.25, -0.2) is 0 Å². The Labute approximate surface area is 104 Å². The Morgan fingerprint density at radius 1 is 1.35 bits per heavy atom. The Kier molecular flexibility index (Phi) is 3.01. The second-order valence-electron chi connectivity index (χ2n) is 6.57. The quantitative estimate of drug-likeness (QED) is 0.696. The minimum absolute atomic E-state index is 0.0629. The summed E-state index contributed by atoms with van der Waals surface area (Å²) in [7, 11) is 0. The molecule has 2 bridgehead atoms. The molecule has 0 radical (unpaired) electrons. The van der Waals surface area contributed by atoms with Gasteiger partial charge in [-0.2, -0.15) is 0 Å². The topological polar surface area (TPSA) is 35.5 Å². The summed E-state index contributed by atoms with van der Waals surface area (Å²) in [5.41, 5.74) is -0.365. The van der Waals surface area contributed by atoms with E-state index >= 15 is 0 Å². The van der Waals surface area contributed by atoms with E-state index in [2.05, 4.69) is 20.8 Å². The van der Waals surface area contributed by atoms with Crippen molar-refractivity contribution in [2.24, 2.45) is 11.8 Å². The van der Waals surface area contributed by atoms with Crippen molar-refractivity contribution < 1.29 is 14.3 Å². The number of hydrogen-bond acceptors (Lipinski definition) is 3.